The molecule has 0 aliphatic rings. The van der Waals surface area contributed by atoms with Gasteiger partial charge in [-0.25, -0.2) is 4.79 Å². The maximum Gasteiger partial charge on any atom is 0.342 e. The van der Waals surface area contributed by atoms with Crippen molar-refractivity contribution in [2.24, 2.45) is 0 Å². The summed E-state index contributed by atoms with van der Waals surface area (Å²) in [6.45, 7) is 5.12. The molecule has 0 atom stereocenters. The van der Waals surface area contributed by atoms with Crippen LogP contribution in [0.25, 0.3) is 5.82 Å². The Morgan fingerprint density at radius 2 is 1.90 bits per heavy atom. The number of Topliss-reactive ketones (excluding diaryl/α,β-unsaturated/α-hetero) is 1. The quantitative estimate of drug-likeness (QED) is 0.326. The Hall–Kier alpha value is -3.00. The van der Waals surface area contributed by atoms with Crippen molar-refractivity contribution >= 4 is 23.5 Å². The third-order valence-electron chi connectivity index (χ3n) is 4.54. The molecule has 0 unspecified atom stereocenters. The number of benzene rings is 1. The Balaban J connectivity index is 1.76. The van der Waals surface area contributed by atoms with Crippen LogP contribution in [-0.2, 0) is 4.74 Å². The van der Waals surface area contributed by atoms with Gasteiger partial charge in [0.15, 0.2) is 12.4 Å². The molecular weight excluding hydrogens is 392 g/mol. The number of aromatic nitrogens is 2. The average molecular weight is 414 g/mol. The van der Waals surface area contributed by atoms with Crippen molar-refractivity contribution < 1.29 is 23.6 Å². The number of nitrogens with zero attached hydrogens (tertiary/aromatic N) is 2. The largest absolute Gasteiger partial charge is 0.496 e. The van der Waals surface area contributed by atoms with Gasteiger partial charge < -0.3 is 14.0 Å². The minimum Gasteiger partial charge on any atom is -0.496 e. The van der Waals surface area contributed by atoms with Crippen molar-refractivity contribution in [1.82, 2.24) is 9.72 Å². The lowest BCUT2D eigenvalue weighted by Crippen LogP contribution is -2.15. The second-order valence-corrected chi connectivity index (χ2v) is 7.36. The molecule has 0 aliphatic heterocycles. The number of esters is 1. The molecule has 0 saturated carbocycles. The average Bonchev–Trinajstić information content (AvgIpc) is 3.27. The molecule has 0 bridgehead atoms. The minimum absolute atomic E-state index is 0.279. The lowest BCUT2D eigenvalue weighted by Gasteiger charge is -2.10. The first-order valence-electron chi connectivity index (χ1n) is 8.90. The molecular formula is C21H22N2O5S. The SMILES string of the molecule is COc1cc(SC)ccc1C(=O)OCC(=O)c1cc(C)n(-c2cc(C)on2)c1C. The highest BCUT2D eigenvalue weighted by Gasteiger charge is 2.21. The summed E-state index contributed by atoms with van der Waals surface area (Å²) in [6.07, 6.45) is 1.93. The van der Waals surface area contributed by atoms with Gasteiger partial charge in [-0.05, 0) is 51.3 Å². The van der Waals surface area contributed by atoms with Crippen molar-refractivity contribution in [2.75, 3.05) is 20.0 Å². The van der Waals surface area contributed by atoms with Crippen molar-refractivity contribution in [2.45, 2.75) is 25.7 Å². The van der Waals surface area contributed by atoms with Crippen molar-refractivity contribution in [3.63, 3.8) is 0 Å². The third kappa shape index (κ3) is 4.22. The first kappa shape index (κ1) is 20.7. The predicted octanol–water partition coefficient (Wildman–Crippen LogP) is 4.16. The molecule has 0 saturated heterocycles. The summed E-state index contributed by atoms with van der Waals surface area (Å²) in [6, 6.07) is 8.74. The van der Waals surface area contributed by atoms with Gasteiger partial charge in [0.2, 0.25) is 5.78 Å². The van der Waals surface area contributed by atoms with Gasteiger partial charge in [0.25, 0.3) is 0 Å². The van der Waals surface area contributed by atoms with Crippen LogP contribution >= 0.6 is 11.8 Å². The van der Waals surface area contributed by atoms with Gasteiger partial charge in [-0.1, -0.05) is 5.16 Å². The van der Waals surface area contributed by atoms with Crippen LogP contribution in [0.15, 0.2) is 39.8 Å². The highest BCUT2D eigenvalue weighted by molar-refractivity contribution is 7.98. The molecule has 2 heterocycles. The fourth-order valence-corrected chi connectivity index (χ4v) is 3.54. The molecule has 0 fully saturated rings. The summed E-state index contributed by atoms with van der Waals surface area (Å²) in [7, 11) is 1.49. The molecule has 152 valence electrons. The summed E-state index contributed by atoms with van der Waals surface area (Å²) < 4.78 is 17.5. The highest BCUT2D eigenvalue weighted by atomic mass is 32.2. The van der Waals surface area contributed by atoms with E-state index in [4.69, 9.17) is 14.0 Å². The van der Waals surface area contributed by atoms with Crippen LogP contribution in [0.2, 0.25) is 0 Å². The molecule has 2 aromatic heterocycles. The van der Waals surface area contributed by atoms with E-state index in [0.29, 0.717) is 28.6 Å². The monoisotopic (exact) mass is 414 g/mol. The van der Waals surface area contributed by atoms with Gasteiger partial charge in [0.05, 0.1) is 7.11 Å². The number of thioether (sulfide) groups is 1. The predicted molar refractivity (Wildman–Crippen MR) is 109 cm³/mol. The Kier molecular flexibility index (Phi) is 6.12. The normalized spacial score (nSPS) is 10.8. The molecule has 3 aromatic rings. The number of methoxy groups -OCH3 is 1. The number of rotatable bonds is 7. The fourth-order valence-electron chi connectivity index (χ4n) is 3.11. The van der Waals surface area contributed by atoms with E-state index in [0.717, 1.165) is 10.6 Å². The second kappa shape index (κ2) is 8.57. The van der Waals surface area contributed by atoms with Crippen LogP contribution in [-0.4, -0.2) is 41.4 Å². The number of hydrogen-bond acceptors (Lipinski definition) is 7. The van der Waals surface area contributed by atoms with Crippen LogP contribution < -0.4 is 4.74 Å². The molecule has 8 heteroatoms. The second-order valence-electron chi connectivity index (χ2n) is 6.48. The van der Waals surface area contributed by atoms with Crippen LogP contribution in [0.5, 0.6) is 5.75 Å². The number of carbonyl (C=O) groups excluding carboxylic acids is 2. The zero-order valence-electron chi connectivity index (χ0n) is 16.9. The Morgan fingerprint density at radius 3 is 2.52 bits per heavy atom. The lowest BCUT2D eigenvalue weighted by molar-refractivity contribution is 0.0471. The molecule has 0 spiro atoms. The molecule has 1 aromatic carbocycles. The highest BCUT2D eigenvalue weighted by Crippen LogP contribution is 2.26. The first-order chi connectivity index (χ1) is 13.8. The first-order valence-corrected chi connectivity index (χ1v) is 10.1. The van der Waals surface area contributed by atoms with E-state index in [-0.39, 0.29) is 18.0 Å². The third-order valence-corrected chi connectivity index (χ3v) is 5.26. The molecule has 3 rings (SSSR count). The van der Waals surface area contributed by atoms with Crippen LogP contribution in [0.1, 0.15) is 37.9 Å². The van der Waals surface area contributed by atoms with E-state index >= 15 is 0 Å². The van der Waals surface area contributed by atoms with E-state index in [9.17, 15) is 9.59 Å². The van der Waals surface area contributed by atoms with Crippen LogP contribution in [0.3, 0.4) is 0 Å². The van der Waals surface area contributed by atoms with Crippen LogP contribution in [0.4, 0.5) is 0 Å². The van der Waals surface area contributed by atoms with E-state index in [1.165, 1.54) is 18.9 Å². The fraction of sp³-hybridized carbons (Fsp3) is 0.286. The van der Waals surface area contributed by atoms with E-state index in [1.54, 1.807) is 37.3 Å². The number of hydrogen-bond donors (Lipinski definition) is 0. The summed E-state index contributed by atoms with van der Waals surface area (Å²) >= 11 is 1.54. The molecule has 29 heavy (non-hydrogen) atoms. The summed E-state index contributed by atoms with van der Waals surface area (Å²) in [5, 5.41) is 4.00. The van der Waals surface area contributed by atoms with E-state index < -0.39 is 5.97 Å². The minimum atomic E-state index is -0.608. The van der Waals surface area contributed by atoms with Crippen LogP contribution in [0, 0.1) is 20.8 Å². The van der Waals surface area contributed by atoms with E-state index in [1.807, 2.05) is 24.7 Å². The van der Waals surface area contributed by atoms with Crippen molar-refractivity contribution in [3.8, 4) is 11.6 Å². The Morgan fingerprint density at radius 1 is 1.14 bits per heavy atom. The van der Waals surface area contributed by atoms with Gasteiger partial charge in [-0.3, -0.25) is 9.36 Å². The molecule has 0 radical (unpaired) electrons. The van der Waals surface area contributed by atoms with Gasteiger partial charge >= 0.3 is 5.97 Å². The lowest BCUT2D eigenvalue weighted by atomic mass is 10.1. The Bertz CT molecular complexity index is 1070. The Labute approximate surface area is 173 Å². The van der Waals surface area contributed by atoms with Crippen molar-refractivity contribution in [3.05, 3.63) is 58.6 Å². The van der Waals surface area contributed by atoms with Gasteiger partial charge in [0, 0.05) is 27.9 Å². The van der Waals surface area contributed by atoms with Gasteiger partial charge in [-0.15, -0.1) is 11.8 Å². The standard InChI is InChI=1S/C21H22N2O5S/c1-12-8-17(14(3)23(12)20-9-13(2)28-22-20)18(24)11-27-21(25)16-7-6-15(29-5)10-19(16)26-4/h6-10H,11H2,1-5H3. The number of ketones is 1. The molecule has 0 N–H and O–H groups in total. The topological polar surface area (TPSA) is 83.6 Å². The summed E-state index contributed by atoms with van der Waals surface area (Å²) in [5.74, 6) is 0.790. The summed E-state index contributed by atoms with van der Waals surface area (Å²) in [5.41, 5.74) is 2.29. The molecule has 0 aliphatic carbocycles. The van der Waals surface area contributed by atoms with E-state index in [2.05, 4.69) is 5.16 Å². The number of ether oxygens (including phenoxy) is 2. The number of aryl methyl sites for hydroxylation is 2. The smallest absolute Gasteiger partial charge is 0.342 e. The van der Waals surface area contributed by atoms with Gasteiger partial charge in [0.1, 0.15) is 17.1 Å². The molecule has 7 nitrogen and oxygen atoms in total. The van der Waals surface area contributed by atoms with Crippen molar-refractivity contribution in [1.29, 1.82) is 0 Å². The maximum atomic E-state index is 12.7. The zero-order chi connectivity index (χ0) is 21.1. The molecule has 0 amide bonds. The zero-order valence-corrected chi connectivity index (χ0v) is 17.8. The number of carbonyl (C=O) groups is 2. The van der Waals surface area contributed by atoms with Gasteiger partial charge in [-0.2, -0.15) is 0 Å². The maximum absolute atomic E-state index is 12.7. The summed E-state index contributed by atoms with van der Waals surface area (Å²) in [4.78, 5) is 26.1.